The summed E-state index contributed by atoms with van der Waals surface area (Å²) in [6, 6.07) is 0. The highest BCUT2D eigenvalue weighted by Crippen LogP contribution is 2.33. The van der Waals surface area contributed by atoms with E-state index in [0.29, 0.717) is 0 Å². The second-order valence-corrected chi connectivity index (χ2v) is 3.22. The number of nitrogens with zero attached hydrogens (tertiary/aromatic N) is 1. The zero-order valence-corrected chi connectivity index (χ0v) is 7.40. The zero-order chi connectivity index (χ0) is 10.1. The van der Waals surface area contributed by atoms with Gasteiger partial charge >= 0.3 is 6.18 Å². The quantitative estimate of drug-likeness (QED) is 0.624. The maximum atomic E-state index is 12.2. The van der Waals surface area contributed by atoms with Gasteiger partial charge in [-0.25, -0.2) is 0 Å². The van der Waals surface area contributed by atoms with Gasteiger partial charge in [-0.3, -0.25) is 4.79 Å². The van der Waals surface area contributed by atoms with Crippen molar-refractivity contribution in [2.45, 2.75) is 25.9 Å². The third-order valence-electron chi connectivity index (χ3n) is 2.31. The van der Waals surface area contributed by atoms with Gasteiger partial charge in [0.25, 0.3) is 0 Å². The molecule has 0 radical (unpaired) electrons. The number of hydrogen-bond donors (Lipinski definition) is 0. The number of rotatable bonds is 1. The summed E-state index contributed by atoms with van der Waals surface area (Å²) in [6.45, 7) is 1.75. The average Bonchev–Trinajstić information content (AvgIpc) is 2.50. The Bertz CT molecular complexity index is 202. The van der Waals surface area contributed by atoms with Crippen LogP contribution in [0.25, 0.3) is 0 Å². The molecule has 1 rings (SSSR count). The Morgan fingerprint density at radius 3 is 2.54 bits per heavy atom. The van der Waals surface area contributed by atoms with Crippen LogP contribution in [0.15, 0.2) is 0 Å². The van der Waals surface area contributed by atoms with Crippen LogP contribution in [0.5, 0.6) is 0 Å². The first-order chi connectivity index (χ1) is 5.95. The van der Waals surface area contributed by atoms with Crippen molar-refractivity contribution < 1.29 is 18.0 Å². The molecule has 1 amide bonds. The Labute approximate surface area is 74.7 Å². The number of hydrogen-bond acceptors (Lipinski definition) is 1. The van der Waals surface area contributed by atoms with Crippen molar-refractivity contribution in [1.29, 1.82) is 0 Å². The summed E-state index contributed by atoms with van der Waals surface area (Å²) in [4.78, 5) is 12.3. The zero-order valence-electron chi connectivity index (χ0n) is 7.40. The molecule has 0 aromatic rings. The van der Waals surface area contributed by atoms with Gasteiger partial charge < -0.3 is 4.90 Å². The fraction of sp³-hybridized carbons (Fsp3) is 0.875. The lowest BCUT2D eigenvalue weighted by atomic mass is 10.1. The first kappa shape index (κ1) is 10.3. The summed E-state index contributed by atoms with van der Waals surface area (Å²) in [5, 5.41) is 0. The van der Waals surface area contributed by atoms with E-state index in [1.54, 1.807) is 6.92 Å². The fourth-order valence-electron chi connectivity index (χ4n) is 1.48. The molecule has 0 saturated carbocycles. The van der Waals surface area contributed by atoms with Crippen LogP contribution in [-0.4, -0.2) is 30.1 Å². The molecule has 1 aliphatic rings. The Kier molecular flexibility index (Phi) is 2.83. The fourth-order valence-corrected chi connectivity index (χ4v) is 1.48. The van der Waals surface area contributed by atoms with Crippen LogP contribution in [-0.2, 0) is 4.79 Å². The molecule has 0 aliphatic carbocycles. The van der Waals surface area contributed by atoms with Crippen LogP contribution in [0.2, 0.25) is 0 Å². The van der Waals surface area contributed by atoms with Gasteiger partial charge in [0, 0.05) is 19.5 Å². The van der Waals surface area contributed by atoms with Gasteiger partial charge in [0.15, 0.2) is 0 Å². The molecule has 1 atom stereocenters. The van der Waals surface area contributed by atoms with Crippen LogP contribution in [0, 0.1) is 5.92 Å². The first-order valence-corrected chi connectivity index (χ1v) is 4.29. The summed E-state index contributed by atoms with van der Waals surface area (Å²) in [5.41, 5.74) is 0. The lowest BCUT2D eigenvalue weighted by Gasteiger charge is -2.16. The third kappa shape index (κ3) is 2.35. The van der Waals surface area contributed by atoms with Crippen molar-refractivity contribution in [3.63, 3.8) is 0 Å². The normalized spacial score (nSPS) is 23.7. The number of carbonyl (C=O) groups is 1. The number of amides is 1. The van der Waals surface area contributed by atoms with Gasteiger partial charge in [0.05, 0.1) is 5.92 Å². The number of carbonyl (C=O) groups excluding carboxylic acids is 1. The lowest BCUT2D eigenvalue weighted by molar-refractivity contribution is -0.171. The van der Waals surface area contributed by atoms with Gasteiger partial charge in [0.2, 0.25) is 5.91 Å². The molecular weight excluding hydrogens is 183 g/mol. The van der Waals surface area contributed by atoms with Gasteiger partial charge in [-0.15, -0.1) is 0 Å². The monoisotopic (exact) mass is 195 g/mol. The smallest absolute Gasteiger partial charge is 0.342 e. The summed E-state index contributed by atoms with van der Waals surface area (Å²) < 4.78 is 36.5. The molecule has 0 N–H and O–H groups in total. The molecule has 5 heteroatoms. The van der Waals surface area contributed by atoms with Gasteiger partial charge in [-0.2, -0.15) is 13.2 Å². The average molecular weight is 195 g/mol. The van der Waals surface area contributed by atoms with Crippen LogP contribution in [0.3, 0.4) is 0 Å². The topological polar surface area (TPSA) is 20.3 Å². The van der Waals surface area contributed by atoms with E-state index in [9.17, 15) is 18.0 Å². The number of likely N-dealkylation sites (tertiary alicyclic amines) is 1. The minimum absolute atomic E-state index is 0.0508. The predicted molar refractivity (Wildman–Crippen MR) is 41.0 cm³/mol. The van der Waals surface area contributed by atoms with E-state index < -0.39 is 12.1 Å². The Morgan fingerprint density at radius 2 is 2.15 bits per heavy atom. The van der Waals surface area contributed by atoms with Gasteiger partial charge in [-0.1, -0.05) is 6.92 Å². The number of halogens is 3. The Balaban J connectivity index is 2.50. The highest BCUT2D eigenvalue weighted by Gasteiger charge is 2.44. The highest BCUT2D eigenvalue weighted by molar-refractivity contribution is 5.76. The number of alkyl halides is 3. The van der Waals surface area contributed by atoms with E-state index in [1.165, 1.54) is 4.90 Å². The van der Waals surface area contributed by atoms with E-state index in [2.05, 4.69) is 0 Å². The summed E-state index contributed by atoms with van der Waals surface area (Å²) >= 11 is 0. The molecule has 0 aromatic carbocycles. The summed E-state index contributed by atoms with van der Waals surface area (Å²) in [7, 11) is 0. The van der Waals surface area contributed by atoms with E-state index in [1.807, 2.05) is 0 Å². The standard InChI is InChI=1S/C8H12F3NO/c1-2-7(13)12-4-3-6(5-12)8(9,10)11/h6H,2-5H2,1H3. The van der Waals surface area contributed by atoms with E-state index in [0.717, 1.165) is 0 Å². The van der Waals surface area contributed by atoms with Crippen molar-refractivity contribution in [3.05, 3.63) is 0 Å². The van der Waals surface area contributed by atoms with Gasteiger partial charge in [0.1, 0.15) is 0 Å². The maximum Gasteiger partial charge on any atom is 0.393 e. The van der Waals surface area contributed by atoms with Crippen LogP contribution < -0.4 is 0 Å². The minimum Gasteiger partial charge on any atom is -0.342 e. The van der Waals surface area contributed by atoms with Crippen molar-refractivity contribution in [1.82, 2.24) is 4.90 Å². The molecule has 76 valence electrons. The van der Waals surface area contributed by atoms with E-state index >= 15 is 0 Å². The third-order valence-corrected chi connectivity index (χ3v) is 2.31. The molecule has 1 heterocycles. The lowest BCUT2D eigenvalue weighted by Crippen LogP contribution is -2.31. The molecule has 0 aromatic heterocycles. The summed E-state index contributed by atoms with van der Waals surface area (Å²) in [5.74, 6) is -1.50. The van der Waals surface area contributed by atoms with Crippen LogP contribution in [0.4, 0.5) is 13.2 Å². The van der Waals surface area contributed by atoms with Crippen molar-refractivity contribution >= 4 is 5.91 Å². The molecule has 0 bridgehead atoms. The summed E-state index contributed by atoms with van der Waals surface area (Å²) in [6.07, 6.45) is -3.82. The largest absolute Gasteiger partial charge is 0.393 e. The Morgan fingerprint density at radius 1 is 1.54 bits per heavy atom. The van der Waals surface area contributed by atoms with Crippen molar-refractivity contribution in [3.8, 4) is 0 Å². The molecule has 2 nitrogen and oxygen atoms in total. The highest BCUT2D eigenvalue weighted by atomic mass is 19.4. The van der Waals surface area contributed by atoms with Crippen molar-refractivity contribution in [2.75, 3.05) is 13.1 Å². The second-order valence-electron chi connectivity index (χ2n) is 3.22. The van der Waals surface area contributed by atoms with Crippen molar-refractivity contribution in [2.24, 2.45) is 5.92 Å². The van der Waals surface area contributed by atoms with E-state index in [4.69, 9.17) is 0 Å². The molecule has 1 aliphatic heterocycles. The van der Waals surface area contributed by atoms with Crippen LogP contribution >= 0.6 is 0 Å². The molecule has 1 saturated heterocycles. The van der Waals surface area contributed by atoms with Crippen LogP contribution in [0.1, 0.15) is 19.8 Å². The molecule has 13 heavy (non-hydrogen) atoms. The van der Waals surface area contributed by atoms with E-state index in [-0.39, 0.29) is 31.8 Å². The molecule has 1 unspecified atom stereocenters. The SMILES string of the molecule is CCC(=O)N1CCC(C(F)(F)F)C1. The predicted octanol–water partition coefficient (Wildman–Crippen LogP) is 1.81. The Hall–Kier alpha value is -0.740. The second kappa shape index (κ2) is 3.55. The minimum atomic E-state index is -4.15. The van der Waals surface area contributed by atoms with Gasteiger partial charge in [-0.05, 0) is 6.42 Å². The molecular formula is C8H12F3NO. The first-order valence-electron chi connectivity index (χ1n) is 4.29. The molecule has 0 spiro atoms. The maximum absolute atomic E-state index is 12.2. The molecule has 1 fully saturated rings.